The van der Waals surface area contributed by atoms with Gasteiger partial charge in [-0.2, -0.15) is 0 Å². The Kier molecular flexibility index (Phi) is 10.1. The van der Waals surface area contributed by atoms with Gasteiger partial charge in [-0.05, 0) is 35.4 Å². The molecule has 0 radical (unpaired) electrons. The minimum absolute atomic E-state index is 0.112. The molecule has 43 heavy (non-hydrogen) atoms. The van der Waals surface area contributed by atoms with Gasteiger partial charge in [-0.25, -0.2) is 4.39 Å². The molecule has 3 N–H and O–H groups in total. The van der Waals surface area contributed by atoms with Crippen LogP contribution in [0.4, 0.5) is 4.39 Å². The van der Waals surface area contributed by atoms with Crippen molar-refractivity contribution < 1.29 is 28.3 Å². The third kappa shape index (κ3) is 8.41. The molecule has 2 atom stereocenters. The van der Waals surface area contributed by atoms with Crippen LogP contribution in [0.3, 0.4) is 0 Å². The number of benzene rings is 3. The molecule has 3 aromatic carbocycles. The lowest BCUT2D eigenvalue weighted by Crippen LogP contribution is -2.54. The van der Waals surface area contributed by atoms with Gasteiger partial charge in [-0.3, -0.25) is 19.2 Å². The lowest BCUT2D eigenvalue weighted by Gasteiger charge is -2.28. The van der Waals surface area contributed by atoms with Gasteiger partial charge in [0.05, 0.1) is 18.5 Å². The molecule has 3 aromatic rings. The Labute approximate surface area is 250 Å². The summed E-state index contributed by atoms with van der Waals surface area (Å²) in [7, 11) is 1.62. The van der Waals surface area contributed by atoms with Crippen LogP contribution in [0.1, 0.15) is 41.8 Å². The van der Waals surface area contributed by atoms with Gasteiger partial charge in [0.25, 0.3) is 5.91 Å². The molecule has 226 valence electrons. The van der Waals surface area contributed by atoms with Crippen LogP contribution < -0.4 is 20.7 Å². The van der Waals surface area contributed by atoms with Gasteiger partial charge < -0.3 is 25.6 Å². The second-order valence-corrected chi connectivity index (χ2v) is 11.3. The Morgan fingerprint density at radius 2 is 1.65 bits per heavy atom. The summed E-state index contributed by atoms with van der Waals surface area (Å²) in [4.78, 5) is 55.1. The van der Waals surface area contributed by atoms with Crippen LogP contribution in [-0.2, 0) is 26.2 Å². The molecule has 1 heterocycles. The molecule has 0 saturated carbocycles. The zero-order valence-electron chi connectivity index (χ0n) is 24.6. The normalized spacial score (nSPS) is 18.4. The molecular weight excluding hydrogens is 551 g/mol. The van der Waals surface area contributed by atoms with E-state index in [4.69, 9.17) is 4.74 Å². The lowest BCUT2D eigenvalue weighted by molar-refractivity contribution is -0.136. The summed E-state index contributed by atoms with van der Waals surface area (Å²) in [6.07, 6.45) is -0.158. The van der Waals surface area contributed by atoms with Crippen LogP contribution in [-0.4, -0.2) is 67.4 Å². The molecule has 0 bridgehead atoms. The summed E-state index contributed by atoms with van der Waals surface area (Å²) in [5.74, 6) is -2.10. The predicted octanol–water partition coefficient (Wildman–Crippen LogP) is 2.99. The molecule has 1 aliphatic heterocycles. The van der Waals surface area contributed by atoms with Crippen LogP contribution in [0.5, 0.6) is 5.75 Å². The van der Waals surface area contributed by atoms with E-state index in [1.165, 1.54) is 17.0 Å². The van der Waals surface area contributed by atoms with E-state index in [0.717, 1.165) is 11.1 Å². The van der Waals surface area contributed by atoms with E-state index < -0.39 is 41.6 Å². The number of carbonyl (C=O) groups is 4. The van der Waals surface area contributed by atoms with Crippen LogP contribution in [0, 0.1) is 5.82 Å². The van der Waals surface area contributed by atoms with Gasteiger partial charge in [0.1, 0.15) is 30.3 Å². The second kappa shape index (κ2) is 14.0. The first-order valence-corrected chi connectivity index (χ1v) is 14.2. The van der Waals surface area contributed by atoms with E-state index in [1.807, 2.05) is 44.2 Å². The number of hydrogen-bond donors (Lipinski definition) is 3. The summed E-state index contributed by atoms with van der Waals surface area (Å²) in [6.45, 7) is 4.28. The van der Waals surface area contributed by atoms with Crippen molar-refractivity contribution in [2.24, 2.45) is 0 Å². The number of ether oxygens (including phenoxy) is 1. The third-order valence-electron chi connectivity index (χ3n) is 7.45. The average molecular weight is 589 g/mol. The molecule has 9 nitrogen and oxygen atoms in total. The number of halogens is 1. The van der Waals surface area contributed by atoms with Gasteiger partial charge in [-0.15, -0.1) is 0 Å². The number of rotatable bonds is 6. The number of likely N-dealkylation sites (N-methyl/N-ethyl adjacent to an activating group) is 1. The summed E-state index contributed by atoms with van der Waals surface area (Å²) < 4.78 is 19.3. The van der Waals surface area contributed by atoms with Crippen molar-refractivity contribution in [2.75, 3.05) is 26.7 Å². The van der Waals surface area contributed by atoms with Gasteiger partial charge in [-0.1, -0.05) is 68.4 Å². The highest BCUT2D eigenvalue weighted by molar-refractivity contribution is 6.01. The molecule has 0 saturated heterocycles. The van der Waals surface area contributed by atoms with E-state index in [1.54, 1.807) is 43.4 Å². The molecule has 0 spiro atoms. The maximum Gasteiger partial charge on any atom is 0.255 e. The topological polar surface area (TPSA) is 117 Å². The first-order valence-electron chi connectivity index (χ1n) is 14.2. The molecule has 0 aliphatic carbocycles. The minimum Gasteiger partial charge on any atom is -0.491 e. The summed E-state index contributed by atoms with van der Waals surface area (Å²) in [5.41, 5.74) is 1.28. The number of carbonyl (C=O) groups excluding carboxylic acids is 4. The molecular formula is C33H37FN4O5. The van der Waals surface area contributed by atoms with Crippen LogP contribution in [0.2, 0.25) is 0 Å². The van der Waals surface area contributed by atoms with E-state index in [9.17, 15) is 23.6 Å². The first kappa shape index (κ1) is 31.2. The summed E-state index contributed by atoms with van der Waals surface area (Å²) in [6, 6.07) is 19.7. The van der Waals surface area contributed by atoms with Crippen molar-refractivity contribution in [3.05, 3.63) is 101 Å². The Hall–Kier alpha value is -4.73. The zero-order valence-corrected chi connectivity index (χ0v) is 24.6. The molecule has 10 heteroatoms. The van der Waals surface area contributed by atoms with Crippen molar-refractivity contribution >= 4 is 23.6 Å². The predicted molar refractivity (Wildman–Crippen MR) is 160 cm³/mol. The fourth-order valence-electron chi connectivity index (χ4n) is 4.82. The number of fused-ring (bicyclic) bond motifs is 1. The molecule has 0 fully saturated rings. The fraction of sp³-hybridized carbons (Fsp3) is 0.333. The highest BCUT2D eigenvalue weighted by atomic mass is 19.1. The van der Waals surface area contributed by atoms with E-state index in [2.05, 4.69) is 16.0 Å². The summed E-state index contributed by atoms with van der Waals surface area (Å²) in [5, 5.41) is 8.31. The van der Waals surface area contributed by atoms with Crippen molar-refractivity contribution in [3.8, 4) is 5.75 Å². The van der Waals surface area contributed by atoms with Crippen LogP contribution in [0.15, 0.2) is 78.9 Å². The summed E-state index contributed by atoms with van der Waals surface area (Å²) >= 11 is 0. The van der Waals surface area contributed by atoms with Gasteiger partial charge in [0.15, 0.2) is 0 Å². The fourth-order valence-corrected chi connectivity index (χ4v) is 4.82. The van der Waals surface area contributed by atoms with Crippen molar-refractivity contribution in [2.45, 2.75) is 44.2 Å². The van der Waals surface area contributed by atoms with Crippen molar-refractivity contribution in [1.29, 1.82) is 0 Å². The number of amides is 4. The van der Waals surface area contributed by atoms with Gasteiger partial charge >= 0.3 is 0 Å². The molecule has 4 amide bonds. The van der Waals surface area contributed by atoms with Crippen LogP contribution in [0.25, 0.3) is 0 Å². The third-order valence-corrected chi connectivity index (χ3v) is 7.45. The van der Waals surface area contributed by atoms with E-state index in [-0.39, 0.29) is 43.4 Å². The maximum absolute atomic E-state index is 13.5. The van der Waals surface area contributed by atoms with Gasteiger partial charge in [0, 0.05) is 25.4 Å². The maximum atomic E-state index is 13.5. The standard InChI is InChI=1S/C33H37FN4O5/c1-33(2,23-13-15-24(34)16-14-23)21-35-31(41)26-20-29(39)36-27(19-22-9-5-4-6-10-22)32(42)38(3)17-18-43-28-12-8-7-11-25(28)30(40)37-26/h4-16,26-27H,17-21H2,1-3H3,(H,35,41)(H,36,39)(H,37,40)/t26-,27-/m0/s1. The number of para-hydroxylation sites is 1. The largest absolute Gasteiger partial charge is 0.491 e. The quantitative estimate of drug-likeness (QED) is 0.410. The number of nitrogens with one attached hydrogen (secondary N) is 3. The molecule has 0 unspecified atom stereocenters. The van der Waals surface area contributed by atoms with E-state index in [0.29, 0.717) is 5.75 Å². The van der Waals surface area contributed by atoms with Crippen molar-refractivity contribution in [3.63, 3.8) is 0 Å². The number of nitrogens with zero attached hydrogens (tertiary/aromatic N) is 1. The zero-order chi connectivity index (χ0) is 31.0. The SMILES string of the molecule is CN1CCOc2ccccc2C(=O)N[C@H](C(=O)NCC(C)(C)c2ccc(F)cc2)CC(=O)N[C@@H](Cc2ccccc2)C1=O. The average Bonchev–Trinajstić information content (AvgIpc) is 2.99. The lowest BCUT2D eigenvalue weighted by atomic mass is 9.84. The van der Waals surface area contributed by atoms with Crippen molar-refractivity contribution in [1.82, 2.24) is 20.9 Å². The highest BCUT2D eigenvalue weighted by Gasteiger charge is 2.31. The Morgan fingerprint density at radius 1 is 0.977 bits per heavy atom. The Morgan fingerprint density at radius 3 is 2.37 bits per heavy atom. The van der Waals surface area contributed by atoms with Crippen LogP contribution >= 0.6 is 0 Å². The molecule has 1 aliphatic rings. The Balaban J connectivity index is 1.59. The highest BCUT2D eigenvalue weighted by Crippen LogP contribution is 2.23. The second-order valence-electron chi connectivity index (χ2n) is 11.3. The Bertz CT molecular complexity index is 1450. The molecule has 4 rings (SSSR count). The molecule has 0 aromatic heterocycles. The number of hydrogen-bond acceptors (Lipinski definition) is 5. The van der Waals surface area contributed by atoms with E-state index >= 15 is 0 Å². The smallest absolute Gasteiger partial charge is 0.255 e. The van der Waals surface area contributed by atoms with Gasteiger partial charge in [0.2, 0.25) is 17.7 Å². The first-order chi connectivity index (χ1) is 20.5. The minimum atomic E-state index is -1.25. The monoisotopic (exact) mass is 588 g/mol.